The second-order valence-electron chi connectivity index (χ2n) is 11.7. The van der Waals surface area contributed by atoms with Crippen molar-refractivity contribution in [1.82, 2.24) is 25.4 Å². The summed E-state index contributed by atoms with van der Waals surface area (Å²) in [5.74, 6) is -3.93. The number of rotatable bonds is 10. The van der Waals surface area contributed by atoms with Crippen LogP contribution in [0, 0.1) is 11.8 Å². The zero-order valence-electron chi connectivity index (χ0n) is 23.4. The third-order valence-corrected chi connectivity index (χ3v) is 8.01. The molecule has 0 aliphatic heterocycles. The van der Waals surface area contributed by atoms with Crippen LogP contribution < -0.4 is 10.6 Å². The predicted octanol–water partition coefficient (Wildman–Crippen LogP) is 6.81. The summed E-state index contributed by atoms with van der Waals surface area (Å²) in [4.78, 5) is 30.3. The molecule has 3 aromatic rings. The molecule has 2 aromatic heterocycles. The number of hydrogen-bond acceptors (Lipinski definition) is 5. The summed E-state index contributed by atoms with van der Waals surface area (Å²) in [6.07, 6.45) is -3.37. The molecule has 2 fully saturated rings. The molecule has 0 radical (unpaired) electrons. The van der Waals surface area contributed by atoms with E-state index in [1.807, 2.05) is 13.8 Å². The van der Waals surface area contributed by atoms with Gasteiger partial charge in [0, 0.05) is 31.5 Å². The highest BCUT2D eigenvalue weighted by Crippen LogP contribution is 2.43. The van der Waals surface area contributed by atoms with Crippen LogP contribution in [-0.2, 0) is 4.79 Å². The normalized spacial score (nSPS) is 19.1. The average molecular weight is 596 g/mol. The monoisotopic (exact) mass is 595 g/mol. The Morgan fingerprint density at radius 3 is 2.38 bits per heavy atom. The second-order valence-corrected chi connectivity index (χ2v) is 11.7. The van der Waals surface area contributed by atoms with Crippen molar-refractivity contribution in [3.05, 3.63) is 47.6 Å². The number of amides is 2. The molecular weight excluding hydrogens is 561 g/mol. The SMILES string of the molecule is CC(C)n1nccc1C(=O)N[C@H](c1nc2cc(C(NC(=O)CCC(F)(F)F)C3CC3)ccc2o1)C1CCC(F)(F)CC1. The van der Waals surface area contributed by atoms with E-state index in [9.17, 15) is 31.5 Å². The van der Waals surface area contributed by atoms with Crippen LogP contribution in [0.15, 0.2) is 34.9 Å². The summed E-state index contributed by atoms with van der Waals surface area (Å²) < 4.78 is 73.5. The summed E-state index contributed by atoms with van der Waals surface area (Å²) in [6, 6.07) is 5.38. The van der Waals surface area contributed by atoms with Gasteiger partial charge in [-0.2, -0.15) is 18.3 Å². The molecule has 1 aromatic carbocycles. The number of halogens is 5. The minimum atomic E-state index is -4.42. The zero-order chi connectivity index (χ0) is 30.2. The van der Waals surface area contributed by atoms with E-state index in [2.05, 4.69) is 20.7 Å². The van der Waals surface area contributed by atoms with Crippen LogP contribution in [0.3, 0.4) is 0 Å². The molecule has 228 valence electrons. The lowest BCUT2D eigenvalue weighted by Crippen LogP contribution is -2.38. The standard InChI is InChI=1S/C29H34F5N5O3/c1-16(2)39-21(10-14-35-39)26(41)38-25(18-7-11-28(30,31)12-8-18)27-36-20-15-19(5-6-22(20)42-27)24(17-3-4-17)37-23(40)9-13-29(32,33)34/h5-6,10,14-18,24-25H,3-4,7-9,11-13H2,1-2H3,(H,37,40)(H,38,41)/t24?,25-/m0/s1. The van der Waals surface area contributed by atoms with Gasteiger partial charge in [0.05, 0.1) is 12.5 Å². The van der Waals surface area contributed by atoms with Gasteiger partial charge in [-0.3, -0.25) is 14.3 Å². The Hall–Kier alpha value is -3.51. The summed E-state index contributed by atoms with van der Waals surface area (Å²) in [5, 5.41) is 9.91. The second kappa shape index (κ2) is 11.6. The molecule has 8 nitrogen and oxygen atoms in total. The number of nitrogens with zero attached hydrogens (tertiary/aromatic N) is 3. The number of aromatic nitrogens is 3. The van der Waals surface area contributed by atoms with E-state index in [1.54, 1.807) is 28.9 Å². The molecule has 2 atom stereocenters. The van der Waals surface area contributed by atoms with Gasteiger partial charge in [-0.05, 0) is 75.1 Å². The van der Waals surface area contributed by atoms with Gasteiger partial charge in [0.2, 0.25) is 17.7 Å². The summed E-state index contributed by atoms with van der Waals surface area (Å²) in [6.45, 7) is 3.77. The Labute approximate surface area is 239 Å². The smallest absolute Gasteiger partial charge is 0.389 e. The zero-order valence-corrected chi connectivity index (χ0v) is 23.4. The van der Waals surface area contributed by atoms with E-state index < -0.39 is 48.8 Å². The molecule has 5 rings (SSSR count). The summed E-state index contributed by atoms with van der Waals surface area (Å²) in [5.41, 5.74) is 1.84. The molecule has 0 saturated heterocycles. The van der Waals surface area contributed by atoms with Crippen molar-refractivity contribution in [3.8, 4) is 0 Å². The molecule has 1 unspecified atom stereocenters. The Morgan fingerprint density at radius 2 is 1.74 bits per heavy atom. The van der Waals surface area contributed by atoms with E-state index in [-0.39, 0.29) is 49.5 Å². The van der Waals surface area contributed by atoms with Gasteiger partial charge in [-0.15, -0.1) is 0 Å². The van der Waals surface area contributed by atoms with Gasteiger partial charge >= 0.3 is 6.18 Å². The number of fused-ring (bicyclic) bond motifs is 1. The van der Waals surface area contributed by atoms with Crippen molar-refractivity contribution in [3.63, 3.8) is 0 Å². The van der Waals surface area contributed by atoms with Crippen molar-refractivity contribution in [1.29, 1.82) is 0 Å². The highest BCUT2D eigenvalue weighted by atomic mass is 19.4. The number of nitrogens with one attached hydrogen (secondary N) is 2. The fraction of sp³-hybridized carbons (Fsp3) is 0.586. The lowest BCUT2D eigenvalue weighted by Gasteiger charge is -2.32. The lowest BCUT2D eigenvalue weighted by atomic mass is 9.82. The molecule has 0 bridgehead atoms. The van der Waals surface area contributed by atoms with Crippen LogP contribution in [0.4, 0.5) is 22.0 Å². The van der Waals surface area contributed by atoms with Crippen molar-refractivity contribution in [2.75, 3.05) is 0 Å². The Morgan fingerprint density at radius 1 is 1.05 bits per heavy atom. The number of benzene rings is 1. The van der Waals surface area contributed by atoms with E-state index in [0.29, 0.717) is 22.4 Å². The van der Waals surface area contributed by atoms with E-state index in [0.717, 1.165) is 12.8 Å². The minimum Gasteiger partial charge on any atom is -0.438 e. The maximum absolute atomic E-state index is 14.0. The number of carbonyl (C=O) groups excluding carboxylic acids is 2. The summed E-state index contributed by atoms with van der Waals surface area (Å²) >= 11 is 0. The molecular formula is C29H34F5N5O3. The van der Waals surface area contributed by atoms with E-state index >= 15 is 0 Å². The number of alkyl halides is 5. The first-order valence-electron chi connectivity index (χ1n) is 14.3. The van der Waals surface area contributed by atoms with Gasteiger partial charge in [0.15, 0.2) is 5.58 Å². The highest BCUT2D eigenvalue weighted by molar-refractivity contribution is 5.92. The quantitative estimate of drug-likeness (QED) is 0.251. The van der Waals surface area contributed by atoms with E-state index in [1.165, 1.54) is 6.20 Å². The lowest BCUT2D eigenvalue weighted by molar-refractivity contribution is -0.144. The van der Waals surface area contributed by atoms with Gasteiger partial charge in [0.1, 0.15) is 17.3 Å². The molecule has 2 amide bonds. The van der Waals surface area contributed by atoms with Gasteiger partial charge < -0.3 is 15.1 Å². The number of oxazole rings is 1. The molecule has 13 heteroatoms. The van der Waals surface area contributed by atoms with Crippen LogP contribution in [-0.4, -0.2) is 38.7 Å². The Kier molecular flexibility index (Phi) is 8.30. The largest absolute Gasteiger partial charge is 0.438 e. The molecule has 2 heterocycles. The van der Waals surface area contributed by atoms with Crippen LogP contribution >= 0.6 is 0 Å². The predicted molar refractivity (Wildman–Crippen MR) is 143 cm³/mol. The Balaban J connectivity index is 1.40. The minimum absolute atomic E-state index is 0.0799. The van der Waals surface area contributed by atoms with Crippen molar-refractivity contribution in [2.24, 2.45) is 11.8 Å². The van der Waals surface area contributed by atoms with Crippen molar-refractivity contribution in [2.45, 2.75) is 95.4 Å². The van der Waals surface area contributed by atoms with Crippen LogP contribution in [0.25, 0.3) is 11.1 Å². The van der Waals surface area contributed by atoms with Gasteiger partial charge in [-0.1, -0.05) is 6.07 Å². The summed E-state index contributed by atoms with van der Waals surface area (Å²) in [7, 11) is 0. The van der Waals surface area contributed by atoms with Crippen LogP contribution in [0.1, 0.15) is 105 Å². The van der Waals surface area contributed by atoms with Crippen molar-refractivity contribution >= 4 is 22.9 Å². The van der Waals surface area contributed by atoms with Crippen molar-refractivity contribution < 1.29 is 36.0 Å². The maximum atomic E-state index is 14.0. The molecule has 0 spiro atoms. The highest BCUT2D eigenvalue weighted by Gasteiger charge is 2.41. The van der Waals surface area contributed by atoms with E-state index in [4.69, 9.17) is 4.42 Å². The molecule has 2 aliphatic rings. The first-order chi connectivity index (χ1) is 19.8. The topological polar surface area (TPSA) is 102 Å². The Bertz CT molecular complexity index is 1420. The van der Waals surface area contributed by atoms with Crippen LogP contribution in [0.2, 0.25) is 0 Å². The fourth-order valence-electron chi connectivity index (χ4n) is 5.59. The molecule has 2 saturated carbocycles. The number of hydrogen-bond donors (Lipinski definition) is 2. The third-order valence-electron chi connectivity index (χ3n) is 8.01. The third kappa shape index (κ3) is 7.09. The fourth-order valence-corrected chi connectivity index (χ4v) is 5.59. The van der Waals surface area contributed by atoms with Crippen LogP contribution in [0.5, 0.6) is 0 Å². The molecule has 2 aliphatic carbocycles. The first-order valence-corrected chi connectivity index (χ1v) is 14.3. The molecule has 42 heavy (non-hydrogen) atoms. The molecule has 2 N–H and O–H groups in total. The maximum Gasteiger partial charge on any atom is 0.389 e. The first kappa shape index (κ1) is 30.0. The number of carbonyl (C=O) groups is 2. The van der Waals surface area contributed by atoms with Gasteiger partial charge in [0.25, 0.3) is 5.91 Å². The van der Waals surface area contributed by atoms with Gasteiger partial charge in [-0.25, -0.2) is 13.8 Å². The average Bonchev–Trinajstić information content (AvgIpc) is 3.47.